The molecular weight excluding hydrogens is 172 g/mol. The molecule has 2 heteroatoms. The fraction of sp³-hybridized carbons (Fsp3) is 0.500. The Morgan fingerprint density at radius 1 is 1.36 bits per heavy atom. The predicted octanol–water partition coefficient (Wildman–Crippen LogP) is 2.03. The van der Waals surface area contributed by atoms with Crippen LogP contribution in [0.1, 0.15) is 35.0 Å². The molecule has 0 aliphatic rings. The summed E-state index contributed by atoms with van der Waals surface area (Å²) >= 11 is 0. The number of likely N-dealkylation sites (N-methyl/N-ethyl adjacent to an activating group) is 1. The zero-order chi connectivity index (χ0) is 16.7. The number of nitrogens with zero attached hydrogens (tertiary/aromatic N) is 1. The second kappa shape index (κ2) is 4.11. The van der Waals surface area contributed by atoms with E-state index in [1.807, 2.05) is 0 Å². The second-order valence-electron chi connectivity index (χ2n) is 3.67. The molecular formula is C12H20N2. The lowest BCUT2D eigenvalue weighted by Gasteiger charge is -2.38. The lowest BCUT2D eigenvalue weighted by Crippen LogP contribution is -2.47. The Balaban J connectivity index is 3.42. The van der Waals surface area contributed by atoms with Gasteiger partial charge in [-0.15, -0.1) is 0 Å². The Hall–Kier alpha value is -0.860. The van der Waals surface area contributed by atoms with Crippen LogP contribution in [0.15, 0.2) is 30.3 Å². The normalized spacial score (nSPS) is 25.9. The lowest BCUT2D eigenvalue weighted by atomic mass is 9.88. The van der Waals surface area contributed by atoms with Crippen LogP contribution in [-0.4, -0.2) is 24.4 Å². The molecule has 0 saturated heterocycles. The van der Waals surface area contributed by atoms with Crippen LogP contribution in [0.2, 0.25) is 0 Å². The molecule has 0 radical (unpaired) electrons. The van der Waals surface area contributed by atoms with E-state index in [-0.39, 0.29) is 0 Å². The highest BCUT2D eigenvalue weighted by molar-refractivity contribution is 5.21. The maximum absolute atomic E-state index is 8.40. The van der Waals surface area contributed by atoms with E-state index in [2.05, 4.69) is 0 Å². The predicted molar refractivity (Wildman–Crippen MR) is 61.1 cm³/mol. The highest BCUT2D eigenvalue weighted by Gasteiger charge is 2.29. The second-order valence-corrected chi connectivity index (χ2v) is 3.67. The van der Waals surface area contributed by atoms with Crippen LogP contribution in [0.4, 0.5) is 0 Å². The third-order valence-electron chi connectivity index (χ3n) is 2.30. The minimum absolute atomic E-state index is 0.341. The quantitative estimate of drug-likeness (QED) is 0.807. The first-order chi connectivity index (χ1) is 9.22. The number of rotatable bonds is 3. The molecule has 0 amide bonds. The van der Waals surface area contributed by atoms with Gasteiger partial charge >= 0.3 is 0 Å². The first-order valence-corrected chi connectivity index (χ1v) is 4.37. The fourth-order valence-corrected chi connectivity index (χ4v) is 1.09. The van der Waals surface area contributed by atoms with Gasteiger partial charge in [0.2, 0.25) is 0 Å². The van der Waals surface area contributed by atoms with Crippen molar-refractivity contribution in [3.63, 3.8) is 0 Å². The third-order valence-corrected chi connectivity index (χ3v) is 2.30. The van der Waals surface area contributed by atoms with E-state index < -0.39 is 25.5 Å². The molecule has 78 valence electrons. The minimum atomic E-state index is -2.91. The van der Waals surface area contributed by atoms with Crippen LogP contribution >= 0.6 is 0 Å². The van der Waals surface area contributed by atoms with Crippen molar-refractivity contribution >= 4 is 0 Å². The Bertz CT molecular complexity index is 463. The smallest absolute Gasteiger partial charge is 0.0533 e. The average Bonchev–Trinajstić information content (AvgIpc) is 2.25. The van der Waals surface area contributed by atoms with E-state index in [0.717, 1.165) is 0 Å². The lowest BCUT2D eigenvalue weighted by molar-refractivity contribution is 0.159. The number of hydrogen-bond acceptors (Lipinski definition) is 2. The van der Waals surface area contributed by atoms with Crippen molar-refractivity contribution in [2.45, 2.75) is 25.4 Å². The first kappa shape index (κ1) is 4.77. The van der Waals surface area contributed by atoms with Crippen molar-refractivity contribution in [1.29, 1.82) is 0 Å². The van der Waals surface area contributed by atoms with Gasteiger partial charge in [-0.2, -0.15) is 0 Å². The molecule has 0 bridgehead atoms. The van der Waals surface area contributed by atoms with Gasteiger partial charge in [-0.25, -0.2) is 0 Å². The summed E-state index contributed by atoms with van der Waals surface area (Å²) in [5.41, 5.74) is 4.71. The Kier molecular flexibility index (Phi) is 1.40. The van der Waals surface area contributed by atoms with Gasteiger partial charge in [0.05, 0.1) is 1.37 Å². The number of nitrogens with two attached hydrogens (primary N) is 1. The molecule has 2 nitrogen and oxygen atoms in total. The Morgan fingerprint density at radius 2 is 1.93 bits per heavy atom. The summed E-state index contributed by atoms with van der Waals surface area (Å²) in [5.74, 6) is 0. The van der Waals surface area contributed by atoms with E-state index in [0.29, 0.717) is 10.5 Å². The van der Waals surface area contributed by atoms with Crippen LogP contribution in [0.5, 0.6) is 0 Å². The molecule has 0 aliphatic carbocycles. The molecule has 1 atom stereocenters. The van der Waals surface area contributed by atoms with Crippen molar-refractivity contribution in [2.75, 3.05) is 14.0 Å². The van der Waals surface area contributed by atoms with E-state index in [1.165, 1.54) is 13.8 Å². The van der Waals surface area contributed by atoms with Crippen molar-refractivity contribution in [2.24, 2.45) is 5.73 Å². The van der Waals surface area contributed by atoms with Gasteiger partial charge in [0.25, 0.3) is 0 Å². The average molecular weight is 199 g/mol. The Labute approximate surface area is 96.6 Å². The molecule has 0 fully saturated rings. The molecule has 0 heterocycles. The van der Waals surface area contributed by atoms with E-state index in [1.54, 1.807) is 30.3 Å². The van der Waals surface area contributed by atoms with Gasteiger partial charge in [0, 0.05) is 19.8 Å². The molecule has 0 aromatic heterocycles. The zero-order valence-electron chi connectivity index (χ0n) is 15.4. The molecule has 1 rings (SSSR count). The van der Waals surface area contributed by atoms with Gasteiger partial charge in [-0.05, 0) is 33.4 Å². The fourth-order valence-electron chi connectivity index (χ4n) is 1.09. The summed E-state index contributed by atoms with van der Waals surface area (Å²) in [4.78, 5) is 0.354. The third kappa shape index (κ3) is 2.14. The topological polar surface area (TPSA) is 29.3 Å². The summed E-state index contributed by atoms with van der Waals surface area (Å²) in [6.45, 7) is -3.11. The molecule has 0 spiro atoms. The summed E-state index contributed by atoms with van der Waals surface area (Å²) in [6.07, 6.45) is 0. The number of benzene rings is 1. The molecule has 1 unspecified atom stereocenters. The summed E-state index contributed by atoms with van der Waals surface area (Å²) in [5, 5.41) is 0. The Morgan fingerprint density at radius 3 is 2.43 bits per heavy atom. The monoisotopic (exact) mass is 199 g/mol. The molecule has 14 heavy (non-hydrogen) atoms. The molecule has 2 N–H and O–H groups in total. The zero-order valence-corrected chi connectivity index (χ0v) is 8.41. The SMILES string of the molecule is [2H]C([2H])([2H])N(C([2H])([2H])[2H])C(C)(C)C([2H])(N)c1ccccc1. The maximum atomic E-state index is 8.40. The summed E-state index contributed by atoms with van der Waals surface area (Å²) < 4.78 is 53.4. The van der Waals surface area contributed by atoms with Gasteiger partial charge in [0.1, 0.15) is 0 Å². The van der Waals surface area contributed by atoms with Gasteiger partial charge in [-0.3, -0.25) is 0 Å². The van der Waals surface area contributed by atoms with Crippen LogP contribution in [0.3, 0.4) is 0 Å². The largest absolute Gasteiger partial charge is 0.322 e. The van der Waals surface area contributed by atoms with Crippen LogP contribution < -0.4 is 5.73 Å². The van der Waals surface area contributed by atoms with E-state index >= 15 is 0 Å². The van der Waals surface area contributed by atoms with Crippen LogP contribution in [0.25, 0.3) is 0 Å². The first-order valence-electron chi connectivity index (χ1n) is 7.87. The highest BCUT2D eigenvalue weighted by Crippen LogP contribution is 2.26. The summed E-state index contributed by atoms with van der Waals surface area (Å²) in [7, 11) is 0. The van der Waals surface area contributed by atoms with E-state index in [9.17, 15) is 0 Å². The van der Waals surface area contributed by atoms with Gasteiger partial charge < -0.3 is 10.6 Å². The number of hydrogen-bond donors (Lipinski definition) is 1. The molecule has 0 saturated carbocycles. The molecule has 1 aromatic rings. The van der Waals surface area contributed by atoms with E-state index in [4.69, 9.17) is 15.3 Å². The van der Waals surface area contributed by atoms with Crippen LogP contribution in [0, 0.1) is 0 Å². The minimum Gasteiger partial charge on any atom is -0.322 e. The highest BCUT2D eigenvalue weighted by atomic mass is 15.2. The molecule has 1 aromatic carbocycles. The maximum Gasteiger partial charge on any atom is 0.0533 e. The van der Waals surface area contributed by atoms with Crippen molar-refractivity contribution in [3.8, 4) is 0 Å². The molecule has 0 aliphatic heterocycles. The van der Waals surface area contributed by atoms with Crippen molar-refractivity contribution < 1.29 is 9.60 Å². The van der Waals surface area contributed by atoms with Crippen molar-refractivity contribution in [3.05, 3.63) is 35.9 Å². The van der Waals surface area contributed by atoms with Crippen LogP contribution in [-0.2, 0) is 0 Å². The van der Waals surface area contributed by atoms with Gasteiger partial charge in [-0.1, -0.05) is 30.3 Å². The summed E-state index contributed by atoms with van der Waals surface area (Å²) in [6, 6.07) is 6.29. The van der Waals surface area contributed by atoms with Gasteiger partial charge in [0.15, 0.2) is 0 Å². The van der Waals surface area contributed by atoms with Crippen molar-refractivity contribution in [1.82, 2.24) is 4.90 Å². The standard InChI is InChI=1S/C12H20N2/c1-12(2,14(3)4)11(13)10-8-6-5-7-9-10/h5-9,11H,13H2,1-4H3/i3D3,4D3,11D.